The zero-order chi connectivity index (χ0) is 13.0. The molecule has 3 N–H and O–H groups in total. The Morgan fingerprint density at radius 3 is 3.11 bits per heavy atom. The van der Waals surface area contributed by atoms with Crippen molar-refractivity contribution in [1.82, 2.24) is 4.98 Å². The summed E-state index contributed by atoms with van der Waals surface area (Å²) in [7, 11) is 1.67. The molecule has 18 heavy (non-hydrogen) atoms. The lowest BCUT2D eigenvalue weighted by Crippen LogP contribution is -2.39. The summed E-state index contributed by atoms with van der Waals surface area (Å²) in [5, 5.41) is 12.0. The maximum absolute atomic E-state index is 8.85. The number of nitrogen functional groups attached to an aromatic ring is 1. The fourth-order valence-corrected chi connectivity index (χ4v) is 1.87. The van der Waals surface area contributed by atoms with Crippen LogP contribution in [0.25, 0.3) is 0 Å². The molecule has 1 aliphatic rings. The Morgan fingerprint density at radius 1 is 1.67 bits per heavy atom. The van der Waals surface area contributed by atoms with Crippen molar-refractivity contribution in [1.29, 1.82) is 5.26 Å². The Labute approximate surface area is 106 Å². The molecule has 2 heterocycles. The number of nitrogens with one attached hydrogen (secondary N) is 1. The van der Waals surface area contributed by atoms with E-state index in [2.05, 4.69) is 10.3 Å². The third-order valence-corrected chi connectivity index (χ3v) is 3.12. The van der Waals surface area contributed by atoms with Gasteiger partial charge in [-0.25, -0.2) is 4.98 Å². The molecule has 0 saturated carbocycles. The zero-order valence-corrected chi connectivity index (χ0v) is 10.3. The molecule has 0 spiro atoms. The van der Waals surface area contributed by atoms with Crippen LogP contribution in [-0.2, 0) is 9.47 Å². The number of rotatable bonds is 4. The lowest BCUT2D eigenvalue weighted by molar-refractivity contribution is -0.00625. The molecule has 1 aliphatic heterocycles. The standard InChI is InChI=1S/C12H16N4O2/c1-17-12(4-5-18-8-12)7-15-11-3-2-9(14)10(6-13)16-11/h2-3H,4-5,7-8,14H2,1H3,(H,15,16). The number of ether oxygens (including phenoxy) is 2. The van der Waals surface area contributed by atoms with E-state index >= 15 is 0 Å². The third kappa shape index (κ3) is 2.53. The van der Waals surface area contributed by atoms with Gasteiger partial charge in [-0.2, -0.15) is 5.26 Å². The number of hydrogen-bond acceptors (Lipinski definition) is 6. The predicted octanol–water partition coefficient (Wildman–Crippen LogP) is 0.753. The minimum absolute atomic E-state index is 0.231. The third-order valence-electron chi connectivity index (χ3n) is 3.12. The second-order valence-electron chi connectivity index (χ2n) is 4.29. The van der Waals surface area contributed by atoms with E-state index in [4.69, 9.17) is 20.5 Å². The van der Waals surface area contributed by atoms with Gasteiger partial charge in [0.2, 0.25) is 0 Å². The first-order chi connectivity index (χ1) is 8.69. The number of pyridine rings is 1. The molecule has 1 fully saturated rings. The van der Waals surface area contributed by atoms with Crippen LogP contribution in [0.4, 0.5) is 11.5 Å². The average Bonchev–Trinajstić information content (AvgIpc) is 2.87. The number of nitrogens with two attached hydrogens (primary N) is 1. The van der Waals surface area contributed by atoms with Gasteiger partial charge in [-0.05, 0) is 12.1 Å². The molecule has 1 unspecified atom stereocenters. The van der Waals surface area contributed by atoms with Gasteiger partial charge in [-0.1, -0.05) is 0 Å². The van der Waals surface area contributed by atoms with Gasteiger partial charge in [0.1, 0.15) is 17.5 Å². The summed E-state index contributed by atoms with van der Waals surface area (Å²) in [5.41, 5.74) is 5.92. The van der Waals surface area contributed by atoms with E-state index in [1.807, 2.05) is 6.07 Å². The maximum atomic E-state index is 8.85. The number of nitriles is 1. The molecule has 1 aromatic rings. The van der Waals surface area contributed by atoms with Crippen LogP contribution in [0.5, 0.6) is 0 Å². The van der Waals surface area contributed by atoms with E-state index < -0.39 is 0 Å². The molecule has 0 radical (unpaired) electrons. The molecule has 1 saturated heterocycles. The second-order valence-corrected chi connectivity index (χ2v) is 4.29. The van der Waals surface area contributed by atoms with Crippen molar-refractivity contribution in [3.63, 3.8) is 0 Å². The Morgan fingerprint density at radius 2 is 2.50 bits per heavy atom. The van der Waals surface area contributed by atoms with E-state index in [1.165, 1.54) is 0 Å². The number of methoxy groups -OCH3 is 1. The summed E-state index contributed by atoms with van der Waals surface area (Å²) in [6.45, 7) is 1.86. The molecule has 6 nitrogen and oxygen atoms in total. The number of anilines is 2. The summed E-state index contributed by atoms with van der Waals surface area (Å²) < 4.78 is 10.8. The smallest absolute Gasteiger partial charge is 0.165 e. The van der Waals surface area contributed by atoms with E-state index in [1.54, 1.807) is 19.2 Å². The van der Waals surface area contributed by atoms with Crippen molar-refractivity contribution in [3.05, 3.63) is 17.8 Å². The molecule has 0 aromatic carbocycles. The van der Waals surface area contributed by atoms with E-state index in [0.717, 1.165) is 6.42 Å². The van der Waals surface area contributed by atoms with Crippen LogP contribution in [0, 0.1) is 11.3 Å². The van der Waals surface area contributed by atoms with Crippen molar-refractivity contribution in [3.8, 4) is 6.07 Å². The largest absolute Gasteiger partial charge is 0.396 e. The first-order valence-electron chi connectivity index (χ1n) is 5.72. The quantitative estimate of drug-likeness (QED) is 0.816. The first kappa shape index (κ1) is 12.6. The Bertz CT molecular complexity index is 464. The van der Waals surface area contributed by atoms with Crippen LogP contribution in [-0.4, -0.2) is 37.5 Å². The van der Waals surface area contributed by atoms with E-state index in [0.29, 0.717) is 31.3 Å². The summed E-state index contributed by atoms with van der Waals surface area (Å²) in [4.78, 5) is 4.12. The van der Waals surface area contributed by atoms with Crippen molar-refractivity contribution < 1.29 is 9.47 Å². The highest BCUT2D eigenvalue weighted by Crippen LogP contribution is 2.23. The maximum Gasteiger partial charge on any atom is 0.165 e. The number of nitrogens with zero attached hydrogens (tertiary/aromatic N) is 2. The second kappa shape index (κ2) is 5.21. The van der Waals surface area contributed by atoms with Crippen LogP contribution in [0.3, 0.4) is 0 Å². The van der Waals surface area contributed by atoms with Gasteiger partial charge in [0, 0.05) is 26.7 Å². The highest BCUT2D eigenvalue weighted by atomic mass is 16.5. The van der Waals surface area contributed by atoms with Gasteiger partial charge >= 0.3 is 0 Å². The Kier molecular flexibility index (Phi) is 3.65. The summed E-state index contributed by atoms with van der Waals surface area (Å²) in [6, 6.07) is 5.37. The van der Waals surface area contributed by atoms with Gasteiger partial charge in [-0.3, -0.25) is 0 Å². The van der Waals surface area contributed by atoms with Gasteiger partial charge in [-0.15, -0.1) is 0 Å². The minimum Gasteiger partial charge on any atom is -0.396 e. The lowest BCUT2D eigenvalue weighted by Gasteiger charge is -2.26. The molecule has 2 rings (SSSR count). The Balaban J connectivity index is 2.04. The molecular weight excluding hydrogens is 232 g/mol. The summed E-state index contributed by atoms with van der Waals surface area (Å²) >= 11 is 0. The van der Waals surface area contributed by atoms with E-state index in [-0.39, 0.29) is 11.3 Å². The van der Waals surface area contributed by atoms with Crippen molar-refractivity contribution in [2.75, 3.05) is 37.9 Å². The fraction of sp³-hybridized carbons (Fsp3) is 0.500. The molecule has 0 amide bonds. The molecule has 1 aromatic heterocycles. The van der Waals surface area contributed by atoms with Crippen LogP contribution >= 0.6 is 0 Å². The van der Waals surface area contributed by atoms with Crippen molar-refractivity contribution in [2.45, 2.75) is 12.0 Å². The fourth-order valence-electron chi connectivity index (χ4n) is 1.87. The molecule has 0 aliphatic carbocycles. The molecule has 96 valence electrons. The molecule has 1 atom stereocenters. The van der Waals surface area contributed by atoms with Gasteiger partial charge < -0.3 is 20.5 Å². The molecule has 0 bridgehead atoms. The van der Waals surface area contributed by atoms with Gasteiger partial charge in [0.25, 0.3) is 0 Å². The highest BCUT2D eigenvalue weighted by molar-refractivity contribution is 5.54. The number of hydrogen-bond donors (Lipinski definition) is 2. The lowest BCUT2D eigenvalue weighted by atomic mass is 10.0. The molecule has 6 heteroatoms. The normalized spacial score (nSPS) is 22.7. The summed E-state index contributed by atoms with van der Waals surface area (Å²) in [6.07, 6.45) is 0.844. The molecular formula is C12H16N4O2. The predicted molar refractivity (Wildman–Crippen MR) is 67.0 cm³/mol. The summed E-state index contributed by atoms with van der Waals surface area (Å²) in [5.74, 6) is 0.615. The number of aromatic nitrogens is 1. The monoisotopic (exact) mass is 248 g/mol. The average molecular weight is 248 g/mol. The van der Waals surface area contributed by atoms with Crippen molar-refractivity contribution >= 4 is 11.5 Å². The topological polar surface area (TPSA) is 93.2 Å². The zero-order valence-electron chi connectivity index (χ0n) is 10.3. The van der Waals surface area contributed by atoms with Crippen molar-refractivity contribution in [2.24, 2.45) is 0 Å². The van der Waals surface area contributed by atoms with Crippen LogP contribution in [0.2, 0.25) is 0 Å². The van der Waals surface area contributed by atoms with E-state index in [9.17, 15) is 0 Å². The SMILES string of the molecule is COC1(CNc2ccc(N)c(C#N)n2)CCOC1. The van der Waals surface area contributed by atoms with Crippen LogP contribution < -0.4 is 11.1 Å². The minimum atomic E-state index is -0.310. The van der Waals surface area contributed by atoms with Crippen LogP contribution in [0.15, 0.2) is 12.1 Å². The van der Waals surface area contributed by atoms with Crippen LogP contribution in [0.1, 0.15) is 12.1 Å². The van der Waals surface area contributed by atoms with Gasteiger partial charge in [0.15, 0.2) is 5.69 Å². The van der Waals surface area contributed by atoms with Gasteiger partial charge in [0.05, 0.1) is 12.3 Å². The highest BCUT2D eigenvalue weighted by Gasteiger charge is 2.34. The first-order valence-corrected chi connectivity index (χ1v) is 5.72. The Hall–Kier alpha value is -1.84.